The molecule has 7 nitrogen and oxygen atoms in total. The topological polar surface area (TPSA) is 77.6 Å². The molecule has 2 aliphatic carbocycles. The van der Waals surface area contributed by atoms with E-state index in [9.17, 15) is 9.59 Å². The third kappa shape index (κ3) is 6.91. The van der Waals surface area contributed by atoms with Gasteiger partial charge < -0.3 is 10.6 Å². The van der Waals surface area contributed by atoms with Crippen molar-refractivity contribution in [3.63, 3.8) is 0 Å². The minimum atomic E-state index is 0.0160. The standard InChI is InChI=1S/C39H52ClN5O2/c1-36(2)17-27-19-38(5,21-36)23-44(27)13-11-33(46)41-25-7-9-29-31(15-25)43-32-16-26(8-10-30(32)35(29)40)42-34(47)12-14-45-24-39(6)20-28(45)18-37(3,4)22-39/h7-10,15-16,27-28H,11-14,17-24H2,1-6H3,(H,41,46)(H,42,47). The molecule has 4 aliphatic rings. The van der Waals surface area contributed by atoms with Crippen molar-refractivity contribution in [2.75, 3.05) is 36.8 Å². The van der Waals surface area contributed by atoms with Crippen LogP contribution in [0.15, 0.2) is 36.4 Å². The zero-order valence-electron chi connectivity index (χ0n) is 29.1. The zero-order chi connectivity index (χ0) is 33.4. The molecule has 3 heterocycles. The molecule has 0 radical (unpaired) electrons. The maximum absolute atomic E-state index is 13.0. The van der Waals surface area contributed by atoms with Gasteiger partial charge in [-0.3, -0.25) is 19.4 Å². The summed E-state index contributed by atoms with van der Waals surface area (Å²) in [5.74, 6) is 0.0320. The van der Waals surface area contributed by atoms with E-state index in [0.717, 1.165) is 37.0 Å². The Balaban J connectivity index is 0.981. The molecule has 2 amide bonds. The molecule has 4 unspecified atom stereocenters. The van der Waals surface area contributed by atoms with E-state index in [1.54, 1.807) is 0 Å². The summed E-state index contributed by atoms with van der Waals surface area (Å²) in [7, 11) is 0. The van der Waals surface area contributed by atoms with Crippen LogP contribution in [-0.4, -0.2) is 64.9 Å². The number of carbonyl (C=O) groups is 2. The minimum absolute atomic E-state index is 0.0160. The lowest BCUT2D eigenvalue weighted by molar-refractivity contribution is -0.117. The number of amides is 2. The summed E-state index contributed by atoms with van der Waals surface area (Å²) in [6.45, 7) is 18.1. The Morgan fingerprint density at radius 2 is 1.15 bits per heavy atom. The van der Waals surface area contributed by atoms with Crippen LogP contribution in [0.2, 0.25) is 5.02 Å². The lowest BCUT2D eigenvalue weighted by Crippen LogP contribution is -2.35. The molecule has 0 spiro atoms. The van der Waals surface area contributed by atoms with Crippen LogP contribution in [0, 0.1) is 21.7 Å². The smallest absolute Gasteiger partial charge is 0.225 e. The molecular weight excluding hydrogens is 606 g/mol. The number of pyridine rings is 1. The first-order valence-corrected chi connectivity index (χ1v) is 18.1. The third-order valence-corrected chi connectivity index (χ3v) is 12.0. The van der Waals surface area contributed by atoms with Crippen molar-refractivity contribution in [3.8, 4) is 0 Å². The first-order chi connectivity index (χ1) is 22.1. The second-order valence-corrected chi connectivity index (χ2v) is 18.2. The number of benzene rings is 2. The summed E-state index contributed by atoms with van der Waals surface area (Å²) in [5, 5.41) is 8.48. The van der Waals surface area contributed by atoms with Gasteiger partial charge in [-0.2, -0.15) is 0 Å². The van der Waals surface area contributed by atoms with Gasteiger partial charge in [0.25, 0.3) is 0 Å². The van der Waals surface area contributed by atoms with Gasteiger partial charge in [0.1, 0.15) is 0 Å². The van der Waals surface area contributed by atoms with E-state index in [4.69, 9.17) is 16.6 Å². The van der Waals surface area contributed by atoms with Gasteiger partial charge in [-0.05, 0) is 96.6 Å². The van der Waals surface area contributed by atoms with Crippen molar-refractivity contribution < 1.29 is 9.59 Å². The number of nitrogens with one attached hydrogen (secondary N) is 2. The molecule has 47 heavy (non-hydrogen) atoms. The van der Waals surface area contributed by atoms with Crippen LogP contribution in [0.1, 0.15) is 92.9 Å². The fraction of sp³-hybridized carbons (Fsp3) is 0.615. The molecule has 2 aliphatic heterocycles. The van der Waals surface area contributed by atoms with Crippen LogP contribution in [0.3, 0.4) is 0 Å². The van der Waals surface area contributed by atoms with Gasteiger partial charge in [-0.1, -0.05) is 53.1 Å². The fourth-order valence-electron chi connectivity index (χ4n) is 10.7. The van der Waals surface area contributed by atoms with Crippen LogP contribution in [0.25, 0.3) is 21.8 Å². The predicted molar refractivity (Wildman–Crippen MR) is 193 cm³/mol. The number of halogens is 1. The van der Waals surface area contributed by atoms with Crippen molar-refractivity contribution in [1.29, 1.82) is 0 Å². The number of hydrogen-bond acceptors (Lipinski definition) is 5. The van der Waals surface area contributed by atoms with E-state index in [1.807, 2.05) is 36.4 Å². The number of hydrogen-bond donors (Lipinski definition) is 2. The van der Waals surface area contributed by atoms with Gasteiger partial charge in [0, 0.05) is 73.3 Å². The normalized spacial score (nSPS) is 29.8. The van der Waals surface area contributed by atoms with Crippen molar-refractivity contribution in [2.24, 2.45) is 21.7 Å². The Morgan fingerprint density at radius 1 is 0.723 bits per heavy atom. The summed E-state index contributed by atoms with van der Waals surface area (Å²) in [6.07, 6.45) is 8.34. The van der Waals surface area contributed by atoms with E-state index in [-0.39, 0.29) is 11.8 Å². The van der Waals surface area contributed by atoms with Gasteiger partial charge >= 0.3 is 0 Å². The predicted octanol–water partition coefficient (Wildman–Crippen LogP) is 8.50. The van der Waals surface area contributed by atoms with Crippen LogP contribution >= 0.6 is 11.6 Å². The maximum Gasteiger partial charge on any atom is 0.225 e. The number of fused-ring (bicyclic) bond motifs is 6. The maximum atomic E-state index is 13.0. The van der Waals surface area contributed by atoms with Gasteiger partial charge in [-0.25, -0.2) is 4.98 Å². The van der Waals surface area contributed by atoms with Crippen LogP contribution in [-0.2, 0) is 9.59 Å². The van der Waals surface area contributed by atoms with Crippen LogP contribution in [0.4, 0.5) is 11.4 Å². The molecular formula is C39H52ClN5O2. The average Bonchev–Trinajstić information content (AvgIpc) is 3.35. The molecule has 2 N–H and O–H groups in total. The number of anilines is 2. The Morgan fingerprint density at radius 3 is 1.57 bits per heavy atom. The largest absolute Gasteiger partial charge is 0.326 e. The second kappa shape index (κ2) is 11.7. The summed E-state index contributed by atoms with van der Waals surface area (Å²) >= 11 is 6.86. The third-order valence-electron chi connectivity index (χ3n) is 11.6. The van der Waals surface area contributed by atoms with Gasteiger partial charge in [-0.15, -0.1) is 0 Å². The number of nitrogens with zero attached hydrogens (tertiary/aromatic N) is 3. The number of carbonyl (C=O) groups excluding carboxylic acids is 2. The zero-order valence-corrected chi connectivity index (χ0v) is 29.9. The number of aromatic nitrogens is 1. The lowest BCUT2D eigenvalue weighted by Gasteiger charge is -2.40. The highest BCUT2D eigenvalue weighted by Gasteiger charge is 2.50. The van der Waals surface area contributed by atoms with Crippen molar-refractivity contribution in [3.05, 3.63) is 41.4 Å². The van der Waals surface area contributed by atoms with Gasteiger partial charge in [0.2, 0.25) is 11.8 Å². The molecule has 3 aromatic rings. The minimum Gasteiger partial charge on any atom is -0.326 e. The molecule has 2 saturated heterocycles. The summed E-state index contributed by atoms with van der Waals surface area (Å²) in [5.41, 5.74) is 4.31. The molecule has 4 atom stereocenters. The van der Waals surface area contributed by atoms with Crippen molar-refractivity contribution >= 4 is 56.6 Å². The monoisotopic (exact) mass is 657 g/mol. The highest BCUT2D eigenvalue weighted by atomic mass is 35.5. The van der Waals surface area contributed by atoms with Crippen molar-refractivity contribution in [2.45, 2.75) is 105 Å². The van der Waals surface area contributed by atoms with E-state index in [2.05, 4.69) is 62.0 Å². The molecule has 1 aromatic heterocycles. The summed E-state index contributed by atoms with van der Waals surface area (Å²) < 4.78 is 0. The van der Waals surface area contributed by atoms with E-state index >= 15 is 0 Å². The molecule has 2 saturated carbocycles. The second-order valence-electron chi connectivity index (χ2n) is 17.9. The first-order valence-electron chi connectivity index (χ1n) is 17.7. The fourth-order valence-corrected chi connectivity index (χ4v) is 11.0. The average molecular weight is 658 g/mol. The Labute approximate surface area is 285 Å². The van der Waals surface area contributed by atoms with Crippen molar-refractivity contribution in [1.82, 2.24) is 14.8 Å². The summed E-state index contributed by atoms with van der Waals surface area (Å²) in [4.78, 5) is 36.1. The van der Waals surface area contributed by atoms with E-state index in [0.29, 0.717) is 74.0 Å². The quantitative estimate of drug-likeness (QED) is 0.238. The molecule has 8 heteroatoms. The first kappa shape index (κ1) is 32.8. The Kier molecular flexibility index (Phi) is 8.16. The molecule has 252 valence electrons. The SMILES string of the molecule is CC1(C)CC2CC(C)(CN2CCC(=O)Nc2ccc3c(Cl)c4ccc(NC(=O)CCN5CC6(C)CC5CC(C)(C)C6)cc4nc3c2)C1. The van der Waals surface area contributed by atoms with Crippen LogP contribution in [0.5, 0.6) is 0 Å². The number of likely N-dealkylation sites (tertiary alicyclic amines) is 2. The number of rotatable bonds is 8. The van der Waals surface area contributed by atoms with Gasteiger partial charge in [0.15, 0.2) is 0 Å². The highest BCUT2D eigenvalue weighted by Crippen LogP contribution is 2.53. The Hall–Kier alpha value is -2.74. The molecule has 7 rings (SSSR count). The molecule has 4 fully saturated rings. The van der Waals surface area contributed by atoms with Crippen LogP contribution < -0.4 is 10.6 Å². The van der Waals surface area contributed by atoms with Gasteiger partial charge in [0.05, 0.1) is 16.1 Å². The Bertz CT molecular complexity index is 1620. The highest BCUT2D eigenvalue weighted by molar-refractivity contribution is 6.40. The van der Waals surface area contributed by atoms with E-state index in [1.165, 1.54) is 38.5 Å². The molecule has 4 bridgehead atoms. The lowest BCUT2D eigenvalue weighted by atomic mass is 9.65. The molecule has 2 aromatic carbocycles. The summed E-state index contributed by atoms with van der Waals surface area (Å²) in [6, 6.07) is 12.6. The van der Waals surface area contributed by atoms with E-state index < -0.39 is 0 Å².